The van der Waals surface area contributed by atoms with Gasteiger partial charge in [0, 0.05) is 0 Å². The van der Waals surface area contributed by atoms with Crippen LogP contribution in [0.25, 0.3) is 0 Å². The van der Waals surface area contributed by atoms with Crippen molar-refractivity contribution in [3.63, 3.8) is 0 Å². The first-order valence-electron chi connectivity index (χ1n) is 2.84. The van der Waals surface area contributed by atoms with Crippen molar-refractivity contribution in [2.24, 2.45) is 0 Å². The monoisotopic (exact) mass is 221 g/mol. The summed E-state index contributed by atoms with van der Waals surface area (Å²) in [5, 5.41) is 17.8. The smallest absolute Gasteiger partial charge is 0.154 e. The van der Waals surface area contributed by atoms with Crippen LogP contribution in [-0.2, 0) is 0 Å². The molecule has 5 heteroatoms. The molecule has 0 atom stereocenters. The van der Waals surface area contributed by atoms with E-state index in [1.165, 1.54) is 6.07 Å². The third-order valence-electron chi connectivity index (χ3n) is 1.26. The van der Waals surface area contributed by atoms with Crippen LogP contribution >= 0.6 is 34.8 Å². The molecule has 0 aliphatic rings. The molecule has 0 aromatic heterocycles. The predicted octanol–water partition coefficient (Wildman–Crippen LogP) is 3.22. The number of aromatic hydroxyl groups is 1. The summed E-state index contributed by atoms with van der Waals surface area (Å²) in [5.41, 5.74) is 0.0280. The highest BCUT2D eigenvalue weighted by molar-refractivity contribution is 6.41. The molecule has 12 heavy (non-hydrogen) atoms. The topological polar surface area (TPSA) is 44.0 Å². The minimum Gasteiger partial charge on any atom is -0.505 e. The molecular formula is C7H2Cl3NO. The fourth-order valence-electron chi connectivity index (χ4n) is 0.682. The summed E-state index contributed by atoms with van der Waals surface area (Å²) >= 11 is 16.7. The Morgan fingerprint density at radius 1 is 1.25 bits per heavy atom. The number of halogens is 3. The van der Waals surface area contributed by atoms with Gasteiger partial charge in [-0.15, -0.1) is 0 Å². The van der Waals surface area contributed by atoms with Gasteiger partial charge in [-0.05, 0) is 6.07 Å². The van der Waals surface area contributed by atoms with E-state index < -0.39 is 0 Å². The molecule has 2 nitrogen and oxygen atoms in total. The maximum Gasteiger partial charge on any atom is 0.154 e. The number of nitriles is 1. The van der Waals surface area contributed by atoms with E-state index in [9.17, 15) is 0 Å². The Bertz CT molecular complexity index is 370. The molecule has 0 amide bonds. The molecule has 1 aromatic rings. The van der Waals surface area contributed by atoms with Crippen molar-refractivity contribution in [1.29, 1.82) is 5.26 Å². The van der Waals surface area contributed by atoms with Crippen LogP contribution in [0.15, 0.2) is 6.07 Å². The lowest BCUT2D eigenvalue weighted by Gasteiger charge is -2.02. The van der Waals surface area contributed by atoms with Gasteiger partial charge in [-0.2, -0.15) is 5.26 Å². The van der Waals surface area contributed by atoms with Crippen molar-refractivity contribution in [2.75, 3.05) is 0 Å². The summed E-state index contributed by atoms with van der Waals surface area (Å²) in [4.78, 5) is 0. The first kappa shape index (κ1) is 9.47. The highest BCUT2D eigenvalue weighted by atomic mass is 35.5. The number of hydrogen-bond acceptors (Lipinski definition) is 2. The van der Waals surface area contributed by atoms with E-state index in [2.05, 4.69) is 0 Å². The highest BCUT2D eigenvalue weighted by Gasteiger charge is 2.13. The fourth-order valence-corrected chi connectivity index (χ4v) is 1.53. The molecule has 0 spiro atoms. The van der Waals surface area contributed by atoms with Crippen LogP contribution in [0.3, 0.4) is 0 Å². The molecule has 1 rings (SSSR count). The van der Waals surface area contributed by atoms with Gasteiger partial charge < -0.3 is 5.11 Å². The van der Waals surface area contributed by atoms with Gasteiger partial charge in [-0.25, -0.2) is 0 Å². The lowest BCUT2D eigenvalue weighted by atomic mass is 10.2. The van der Waals surface area contributed by atoms with Gasteiger partial charge >= 0.3 is 0 Å². The van der Waals surface area contributed by atoms with Gasteiger partial charge in [0.1, 0.15) is 11.1 Å². The molecular weight excluding hydrogens is 220 g/mol. The normalized spacial score (nSPS) is 9.50. The molecule has 0 fully saturated rings. The van der Waals surface area contributed by atoms with Gasteiger partial charge in [-0.1, -0.05) is 34.8 Å². The Balaban J connectivity index is 3.54. The second-order valence-corrected chi connectivity index (χ2v) is 3.18. The van der Waals surface area contributed by atoms with E-state index >= 15 is 0 Å². The van der Waals surface area contributed by atoms with Crippen LogP contribution in [0.2, 0.25) is 15.1 Å². The summed E-state index contributed by atoms with van der Waals surface area (Å²) < 4.78 is 0. The molecule has 0 radical (unpaired) electrons. The van der Waals surface area contributed by atoms with Crippen LogP contribution in [0.4, 0.5) is 0 Å². The number of hydrogen-bond donors (Lipinski definition) is 1. The molecule has 0 aliphatic heterocycles. The largest absolute Gasteiger partial charge is 0.505 e. The number of phenolic OH excluding ortho intramolecular Hbond substituents is 1. The molecule has 0 bridgehead atoms. The third kappa shape index (κ3) is 1.44. The average Bonchev–Trinajstić information content (AvgIpc) is 2.01. The predicted molar refractivity (Wildman–Crippen MR) is 47.9 cm³/mol. The molecule has 1 aromatic carbocycles. The molecule has 0 saturated heterocycles. The standard InChI is InChI=1S/C7H2Cl3NO/c8-4-1-5(9)7(12)6(10)3(4)2-11/h1,12H. The second kappa shape index (κ2) is 3.40. The Hall–Kier alpha value is -0.620. The Kier molecular flexibility index (Phi) is 2.69. The van der Waals surface area contributed by atoms with Crippen LogP contribution < -0.4 is 0 Å². The number of phenols is 1. The summed E-state index contributed by atoms with van der Waals surface area (Å²) in [6.45, 7) is 0. The van der Waals surface area contributed by atoms with Crippen LogP contribution in [0.1, 0.15) is 5.56 Å². The molecule has 1 N–H and O–H groups in total. The summed E-state index contributed by atoms with van der Waals surface area (Å²) in [5.74, 6) is -0.320. The van der Waals surface area contributed by atoms with Crippen LogP contribution in [0.5, 0.6) is 5.75 Å². The van der Waals surface area contributed by atoms with Crippen molar-refractivity contribution >= 4 is 34.8 Å². The molecule has 0 aliphatic carbocycles. The zero-order valence-electron chi connectivity index (χ0n) is 5.61. The minimum atomic E-state index is -0.320. The number of nitrogens with zero attached hydrogens (tertiary/aromatic N) is 1. The van der Waals surface area contributed by atoms with Gasteiger partial charge in [0.2, 0.25) is 0 Å². The van der Waals surface area contributed by atoms with E-state index in [-0.39, 0.29) is 26.4 Å². The van der Waals surface area contributed by atoms with E-state index in [1.54, 1.807) is 6.07 Å². The zero-order valence-corrected chi connectivity index (χ0v) is 7.87. The Morgan fingerprint density at radius 3 is 2.33 bits per heavy atom. The Morgan fingerprint density at radius 2 is 1.83 bits per heavy atom. The SMILES string of the molecule is N#Cc1c(Cl)cc(Cl)c(O)c1Cl. The number of rotatable bonds is 0. The lowest BCUT2D eigenvalue weighted by molar-refractivity contribution is 0.475. The fraction of sp³-hybridized carbons (Fsp3) is 0. The van der Waals surface area contributed by atoms with Gasteiger partial charge in [-0.3, -0.25) is 0 Å². The highest BCUT2D eigenvalue weighted by Crippen LogP contribution is 2.38. The molecule has 62 valence electrons. The minimum absolute atomic E-state index is 0.0280. The van der Waals surface area contributed by atoms with Gasteiger partial charge in [0.05, 0.1) is 15.6 Å². The zero-order chi connectivity index (χ0) is 9.30. The van der Waals surface area contributed by atoms with Crippen molar-refractivity contribution < 1.29 is 5.11 Å². The van der Waals surface area contributed by atoms with Crippen molar-refractivity contribution in [1.82, 2.24) is 0 Å². The van der Waals surface area contributed by atoms with Crippen molar-refractivity contribution in [2.45, 2.75) is 0 Å². The van der Waals surface area contributed by atoms with Crippen molar-refractivity contribution in [3.05, 3.63) is 26.7 Å². The Labute approximate surface area is 83.9 Å². The van der Waals surface area contributed by atoms with E-state index in [0.29, 0.717) is 0 Å². The third-order valence-corrected chi connectivity index (χ3v) is 2.21. The van der Waals surface area contributed by atoms with Crippen LogP contribution in [0, 0.1) is 11.3 Å². The molecule has 0 saturated carbocycles. The van der Waals surface area contributed by atoms with Gasteiger partial charge in [0.15, 0.2) is 5.75 Å². The summed E-state index contributed by atoms with van der Waals surface area (Å²) in [6.07, 6.45) is 0. The van der Waals surface area contributed by atoms with Crippen molar-refractivity contribution in [3.8, 4) is 11.8 Å². The lowest BCUT2D eigenvalue weighted by Crippen LogP contribution is -1.81. The molecule has 0 unspecified atom stereocenters. The summed E-state index contributed by atoms with van der Waals surface area (Å²) in [7, 11) is 0. The maximum atomic E-state index is 9.17. The molecule has 0 heterocycles. The van der Waals surface area contributed by atoms with Gasteiger partial charge in [0.25, 0.3) is 0 Å². The first-order chi connectivity index (χ1) is 5.57. The van der Waals surface area contributed by atoms with E-state index in [1.807, 2.05) is 0 Å². The summed E-state index contributed by atoms with van der Waals surface area (Å²) in [6, 6.07) is 3.02. The van der Waals surface area contributed by atoms with E-state index in [0.717, 1.165) is 0 Å². The van der Waals surface area contributed by atoms with Crippen LogP contribution in [-0.4, -0.2) is 5.11 Å². The maximum absolute atomic E-state index is 9.17. The van der Waals surface area contributed by atoms with E-state index in [4.69, 9.17) is 45.2 Å². The quantitative estimate of drug-likeness (QED) is 0.732. The average molecular weight is 222 g/mol. The number of benzene rings is 1. The first-order valence-corrected chi connectivity index (χ1v) is 3.98. The second-order valence-electron chi connectivity index (χ2n) is 1.99.